The largest absolute Gasteiger partial charge is 0.497 e. The van der Waals surface area contributed by atoms with Gasteiger partial charge in [-0.1, -0.05) is 18.2 Å². The van der Waals surface area contributed by atoms with E-state index in [1.165, 1.54) is 5.56 Å². The highest BCUT2D eigenvalue weighted by atomic mass is 16.5. The first-order valence-electron chi connectivity index (χ1n) is 9.30. The average molecular weight is 365 g/mol. The Morgan fingerprint density at radius 2 is 1.74 bits per heavy atom. The molecule has 0 fully saturated rings. The summed E-state index contributed by atoms with van der Waals surface area (Å²) in [6, 6.07) is 18.2. The van der Waals surface area contributed by atoms with Crippen LogP contribution in [0.15, 0.2) is 60.8 Å². The van der Waals surface area contributed by atoms with E-state index >= 15 is 0 Å². The molecule has 0 saturated carbocycles. The van der Waals surface area contributed by atoms with Gasteiger partial charge in [0.15, 0.2) is 0 Å². The van der Waals surface area contributed by atoms with Crippen molar-refractivity contribution in [1.29, 1.82) is 0 Å². The highest BCUT2D eigenvalue weighted by Gasteiger charge is 2.12. The van der Waals surface area contributed by atoms with Gasteiger partial charge in [0, 0.05) is 37.6 Å². The Morgan fingerprint density at radius 1 is 0.963 bits per heavy atom. The number of nitrogens with zero attached hydrogens (tertiary/aromatic N) is 2. The molecule has 0 aliphatic heterocycles. The Morgan fingerprint density at radius 3 is 2.44 bits per heavy atom. The second kappa shape index (κ2) is 9.90. The number of hydrogen-bond acceptors (Lipinski definition) is 4. The van der Waals surface area contributed by atoms with E-state index in [1.54, 1.807) is 14.2 Å². The lowest BCUT2D eigenvalue weighted by atomic mass is 10.1. The summed E-state index contributed by atoms with van der Waals surface area (Å²) in [7, 11) is 3.42. The van der Waals surface area contributed by atoms with Gasteiger partial charge in [0.2, 0.25) is 0 Å². The summed E-state index contributed by atoms with van der Waals surface area (Å²) in [5.41, 5.74) is 4.31. The van der Waals surface area contributed by atoms with Gasteiger partial charge >= 0.3 is 0 Å². The number of benzene rings is 2. The molecule has 1 N–H and O–H groups in total. The maximum Gasteiger partial charge on any atom is 0.118 e. The fraction of sp³-hybridized carbons (Fsp3) is 0.318. The highest BCUT2D eigenvalue weighted by molar-refractivity contribution is 5.64. The molecule has 0 bridgehead atoms. The quantitative estimate of drug-likeness (QED) is 0.550. The number of rotatable bonds is 10. The van der Waals surface area contributed by atoms with Gasteiger partial charge in [-0.25, -0.2) is 4.68 Å². The third-order valence-electron chi connectivity index (χ3n) is 4.44. The van der Waals surface area contributed by atoms with Crippen molar-refractivity contribution in [3.8, 4) is 22.7 Å². The van der Waals surface area contributed by atoms with Crippen LogP contribution in [-0.4, -0.2) is 37.2 Å². The topological polar surface area (TPSA) is 48.3 Å². The molecule has 0 amide bonds. The minimum atomic E-state index is 0.779. The summed E-state index contributed by atoms with van der Waals surface area (Å²) >= 11 is 0. The molecule has 3 aromatic rings. The third kappa shape index (κ3) is 5.18. The van der Waals surface area contributed by atoms with E-state index in [1.807, 2.05) is 35.0 Å². The minimum Gasteiger partial charge on any atom is -0.497 e. The van der Waals surface area contributed by atoms with Gasteiger partial charge < -0.3 is 14.8 Å². The zero-order valence-corrected chi connectivity index (χ0v) is 16.0. The molecule has 142 valence electrons. The zero-order valence-electron chi connectivity index (χ0n) is 16.0. The summed E-state index contributed by atoms with van der Waals surface area (Å²) in [5.74, 6) is 0.846. The number of unbranched alkanes of at least 4 members (excludes halogenated alkanes) is 1. The van der Waals surface area contributed by atoms with E-state index in [0.29, 0.717) is 0 Å². The third-order valence-corrected chi connectivity index (χ3v) is 4.44. The van der Waals surface area contributed by atoms with Crippen LogP contribution in [0.4, 0.5) is 0 Å². The maximum absolute atomic E-state index is 5.27. The van der Waals surface area contributed by atoms with Crippen molar-refractivity contribution in [2.45, 2.75) is 19.4 Å². The van der Waals surface area contributed by atoms with Crippen LogP contribution < -0.4 is 10.1 Å². The lowest BCUT2D eigenvalue weighted by molar-refractivity contribution is 0.192. The molecule has 1 heterocycles. The summed E-state index contributed by atoms with van der Waals surface area (Å²) in [5, 5.41) is 8.37. The average Bonchev–Trinajstić information content (AvgIpc) is 3.15. The van der Waals surface area contributed by atoms with E-state index in [2.05, 4.69) is 35.8 Å². The Bertz CT molecular complexity index is 813. The molecule has 2 aromatic carbocycles. The van der Waals surface area contributed by atoms with Crippen molar-refractivity contribution in [3.63, 3.8) is 0 Å². The van der Waals surface area contributed by atoms with E-state index in [-0.39, 0.29) is 0 Å². The number of nitrogens with one attached hydrogen (secondary N) is 1. The first-order chi connectivity index (χ1) is 13.3. The number of hydrogen-bond donors (Lipinski definition) is 1. The van der Waals surface area contributed by atoms with Gasteiger partial charge in [-0.05, 0) is 55.8 Å². The van der Waals surface area contributed by atoms with Crippen molar-refractivity contribution in [3.05, 3.63) is 66.4 Å². The summed E-state index contributed by atoms with van der Waals surface area (Å²) in [4.78, 5) is 0. The predicted molar refractivity (Wildman–Crippen MR) is 108 cm³/mol. The summed E-state index contributed by atoms with van der Waals surface area (Å²) < 4.78 is 12.3. The molecule has 3 rings (SSSR count). The van der Waals surface area contributed by atoms with Crippen molar-refractivity contribution in [1.82, 2.24) is 15.1 Å². The van der Waals surface area contributed by atoms with Gasteiger partial charge in [-0.2, -0.15) is 5.10 Å². The van der Waals surface area contributed by atoms with E-state index < -0.39 is 0 Å². The van der Waals surface area contributed by atoms with Gasteiger partial charge in [0.1, 0.15) is 5.75 Å². The zero-order chi connectivity index (χ0) is 18.9. The molecule has 5 heteroatoms. The molecule has 1 aromatic heterocycles. The Kier molecular flexibility index (Phi) is 7.02. The molecular formula is C22H27N3O2. The lowest BCUT2D eigenvalue weighted by Crippen LogP contribution is -2.15. The fourth-order valence-corrected chi connectivity index (χ4v) is 2.96. The second-order valence-electron chi connectivity index (χ2n) is 6.39. The van der Waals surface area contributed by atoms with Crippen LogP contribution in [0.3, 0.4) is 0 Å². The van der Waals surface area contributed by atoms with Crippen LogP contribution in [0.25, 0.3) is 16.9 Å². The predicted octanol–water partition coefficient (Wildman–Crippen LogP) is 4.06. The fourth-order valence-electron chi connectivity index (χ4n) is 2.96. The van der Waals surface area contributed by atoms with Crippen molar-refractivity contribution >= 4 is 0 Å². The summed E-state index contributed by atoms with van der Waals surface area (Å²) in [6.45, 7) is 2.55. The first kappa shape index (κ1) is 19.1. The van der Waals surface area contributed by atoms with Gasteiger partial charge in [-0.15, -0.1) is 0 Å². The molecule has 0 aliphatic carbocycles. The van der Waals surface area contributed by atoms with Crippen LogP contribution in [0.5, 0.6) is 5.75 Å². The monoisotopic (exact) mass is 365 g/mol. The Balaban J connectivity index is 1.79. The summed E-state index contributed by atoms with van der Waals surface area (Å²) in [6.07, 6.45) is 4.27. The van der Waals surface area contributed by atoms with Crippen molar-refractivity contribution in [2.75, 3.05) is 27.4 Å². The molecule has 0 spiro atoms. The van der Waals surface area contributed by atoms with Crippen LogP contribution in [0, 0.1) is 0 Å². The molecule has 0 aliphatic rings. The Labute approximate surface area is 160 Å². The molecule has 0 radical (unpaired) electrons. The molecule has 5 nitrogen and oxygen atoms in total. The van der Waals surface area contributed by atoms with Crippen LogP contribution in [-0.2, 0) is 11.3 Å². The standard InChI is InChI=1S/C22H27N3O2/c1-26-15-7-6-14-23-16-19-17-25(20-8-4-3-5-9-20)24-22(19)18-10-12-21(27-2)13-11-18/h3-5,8-13,17,23H,6-7,14-16H2,1-2H3. The second-order valence-corrected chi connectivity index (χ2v) is 6.39. The molecule has 0 unspecified atom stereocenters. The van der Waals surface area contributed by atoms with E-state index in [4.69, 9.17) is 14.6 Å². The number of methoxy groups -OCH3 is 2. The van der Waals surface area contributed by atoms with Crippen LogP contribution in [0.2, 0.25) is 0 Å². The van der Waals surface area contributed by atoms with Gasteiger partial charge in [0.05, 0.1) is 18.5 Å². The number of aromatic nitrogens is 2. The molecule has 0 atom stereocenters. The normalized spacial score (nSPS) is 10.9. The van der Waals surface area contributed by atoms with E-state index in [0.717, 1.165) is 55.2 Å². The lowest BCUT2D eigenvalue weighted by Gasteiger charge is -2.06. The number of para-hydroxylation sites is 1. The van der Waals surface area contributed by atoms with Crippen LogP contribution >= 0.6 is 0 Å². The van der Waals surface area contributed by atoms with Crippen molar-refractivity contribution in [2.24, 2.45) is 0 Å². The first-order valence-corrected chi connectivity index (χ1v) is 9.30. The van der Waals surface area contributed by atoms with Crippen molar-refractivity contribution < 1.29 is 9.47 Å². The van der Waals surface area contributed by atoms with Crippen LogP contribution in [0.1, 0.15) is 18.4 Å². The van der Waals surface area contributed by atoms with E-state index in [9.17, 15) is 0 Å². The molecule has 0 saturated heterocycles. The molecular weight excluding hydrogens is 338 g/mol. The Hall–Kier alpha value is -2.63. The number of ether oxygens (including phenoxy) is 2. The SMILES string of the molecule is COCCCCNCc1cn(-c2ccccc2)nc1-c1ccc(OC)cc1. The van der Waals surface area contributed by atoms with Gasteiger partial charge in [-0.3, -0.25) is 0 Å². The highest BCUT2D eigenvalue weighted by Crippen LogP contribution is 2.25. The minimum absolute atomic E-state index is 0.779. The smallest absolute Gasteiger partial charge is 0.118 e. The maximum atomic E-state index is 5.27. The molecule has 27 heavy (non-hydrogen) atoms. The van der Waals surface area contributed by atoms with Gasteiger partial charge in [0.25, 0.3) is 0 Å².